The molecule has 1 aromatic carbocycles. The molecule has 2 atom stereocenters. The number of aliphatic hydroxyl groups excluding tert-OH is 1. The van der Waals surface area contributed by atoms with E-state index < -0.39 is 56.9 Å². The van der Waals surface area contributed by atoms with Gasteiger partial charge in [-0.3, -0.25) is 34.8 Å². The van der Waals surface area contributed by atoms with Gasteiger partial charge in [-0.05, 0) is 38.0 Å². The SMILES string of the molecule is CC(=O)C(C(=O)OCCc1cccnc1)C(C(=C(O)OC(C)C)[N+](=O)[O-])c1cccc([N+](=O)[O-])c1. The standard InChI is InChI=1S/C23H25N3O9/c1-14(2)35-23(29)21(26(32)33)20(17-7-4-8-18(12-17)25(30)31)19(15(3)27)22(28)34-11-9-16-6-5-10-24-13-16/h4-8,10,12-14,19-20,29H,9,11H2,1-3H3. The number of pyridine rings is 1. The van der Waals surface area contributed by atoms with Gasteiger partial charge in [-0.25, -0.2) is 0 Å². The number of carbonyl (C=O) groups excluding carboxylic acids is 2. The molecule has 2 aromatic rings. The summed E-state index contributed by atoms with van der Waals surface area (Å²) >= 11 is 0. The molecule has 0 amide bonds. The molecule has 2 unspecified atom stereocenters. The van der Waals surface area contributed by atoms with Crippen LogP contribution in [0.3, 0.4) is 0 Å². The van der Waals surface area contributed by atoms with Crippen molar-refractivity contribution in [1.82, 2.24) is 4.98 Å². The smallest absolute Gasteiger partial charge is 0.354 e. The molecule has 0 saturated carbocycles. The maximum atomic E-state index is 13.0. The summed E-state index contributed by atoms with van der Waals surface area (Å²) in [5, 5.41) is 33.7. The van der Waals surface area contributed by atoms with Gasteiger partial charge >= 0.3 is 17.6 Å². The zero-order valence-electron chi connectivity index (χ0n) is 19.3. The first-order valence-electron chi connectivity index (χ1n) is 10.6. The minimum atomic E-state index is -1.79. The zero-order valence-corrected chi connectivity index (χ0v) is 19.3. The van der Waals surface area contributed by atoms with Gasteiger partial charge in [-0.1, -0.05) is 18.2 Å². The first-order valence-corrected chi connectivity index (χ1v) is 10.6. The van der Waals surface area contributed by atoms with Gasteiger partial charge in [0.05, 0.1) is 22.6 Å². The van der Waals surface area contributed by atoms with Crippen LogP contribution >= 0.6 is 0 Å². The molecule has 0 saturated heterocycles. The number of ketones is 1. The van der Waals surface area contributed by atoms with E-state index in [9.17, 15) is 34.9 Å². The number of aliphatic hydroxyl groups is 1. The normalized spacial score (nSPS) is 13.4. The van der Waals surface area contributed by atoms with Gasteiger partial charge in [0.1, 0.15) is 17.6 Å². The quantitative estimate of drug-likeness (QED) is 0.153. The minimum Gasteiger partial charge on any atom is -0.476 e. The van der Waals surface area contributed by atoms with Crippen LogP contribution in [0.5, 0.6) is 0 Å². The number of aromatic nitrogens is 1. The molecule has 1 N–H and O–H groups in total. The molecule has 2 rings (SSSR count). The lowest BCUT2D eigenvalue weighted by atomic mass is 9.81. The van der Waals surface area contributed by atoms with Crippen LogP contribution in [0.25, 0.3) is 0 Å². The Hall–Kier alpha value is -4.35. The van der Waals surface area contributed by atoms with Gasteiger partial charge < -0.3 is 14.6 Å². The average molecular weight is 487 g/mol. The molecular weight excluding hydrogens is 462 g/mol. The third-order valence-corrected chi connectivity index (χ3v) is 4.88. The number of carbonyl (C=O) groups is 2. The van der Waals surface area contributed by atoms with Gasteiger partial charge in [0.25, 0.3) is 5.69 Å². The molecule has 0 bridgehead atoms. The summed E-state index contributed by atoms with van der Waals surface area (Å²) in [4.78, 5) is 51.2. The molecule has 12 nitrogen and oxygen atoms in total. The Bertz CT molecular complexity index is 1120. The number of nitrogens with zero attached hydrogens (tertiary/aromatic N) is 3. The number of ether oxygens (including phenoxy) is 2. The van der Waals surface area contributed by atoms with Crippen LogP contribution < -0.4 is 0 Å². The number of Topliss-reactive ketones (excluding diaryl/α,β-unsaturated/α-hetero) is 1. The second-order valence-electron chi connectivity index (χ2n) is 7.81. The van der Waals surface area contributed by atoms with E-state index in [0.29, 0.717) is 0 Å². The van der Waals surface area contributed by atoms with Gasteiger partial charge in [-0.15, -0.1) is 0 Å². The van der Waals surface area contributed by atoms with Gasteiger partial charge in [0.2, 0.25) is 0 Å². The van der Waals surface area contributed by atoms with Gasteiger partial charge in [0, 0.05) is 30.9 Å². The highest BCUT2D eigenvalue weighted by Gasteiger charge is 2.46. The van der Waals surface area contributed by atoms with Gasteiger partial charge in [0.15, 0.2) is 0 Å². The van der Waals surface area contributed by atoms with E-state index in [2.05, 4.69) is 4.98 Å². The number of allylic oxidation sites excluding steroid dienone is 1. The number of nitro groups is 2. The lowest BCUT2D eigenvalue weighted by Crippen LogP contribution is -2.34. The Morgan fingerprint density at radius 1 is 1.14 bits per heavy atom. The lowest BCUT2D eigenvalue weighted by Gasteiger charge is -2.23. The molecule has 35 heavy (non-hydrogen) atoms. The maximum absolute atomic E-state index is 13.0. The highest BCUT2D eigenvalue weighted by Crippen LogP contribution is 2.37. The molecule has 0 fully saturated rings. The number of hydrogen-bond donors (Lipinski definition) is 1. The summed E-state index contributed by atoms with van der Waals surface area (Å²) in [5.41, 5.74) is -0.784. The van der Waals surface area contributed by atoms with Crippen molar-refractivity contribution in [2.24, 2.45) is 5.92 Å². The van der Waals surface area contributed by atoms with E-state index in [1.807, 2.05) is 0 Å². The maximum Gasteiger partial charge on any atom is 0.354 e. The fourth-order valence-corrected chi connectivity index (χ4v) is 3.39. The number of rotatable bonds is 12. The number of non-ortho nitro benzene ring substituents is 1. The second kappa shape index (κ2) is 12.2. The van der Waals surface area contributed by atoms with E-state index in [4.69, 9.17) is 9.47 Å². The van der Waals surface area contributed by atoms with Crippen molar-refractivity contribution in [3.8, 4) is 0 Å². The first kappa shape index (κ1) is 26.9. The molecule has 1 heterocycles. The third kappa shape index (κ3) is 7.32. The van der Waals surface area contributed by atoms with Crippen LogP contribution in [0.2, 0.25) is 0 Å². The summed E-state index contributed by atoms with van der Waals surface area (Å²) in [6, 6.07) is 8.13. The van der Waals surface area contributed by atoms with Crippen molar-refractivity contribution in [2.75, 3.05) is 6.61 Å². The van der Waals surface area contributed by atoms with Crippen LogP contribution in [0.4, 0.5) is 5.69 Å². The topological polar surface area (TPSA) is 172 Å². The Balaban J connectivity index is 2.55. The highest BCUT2D eigenvalue weighted by molar-refractivity contribution is 5.99. The Labute approximate surface area is 200 Å². The van der Waals surface area contributed by atoms with Crippen LogP contribution in [-0.2, 0) is 25.5 Å². The van der Waals surface area contributed by atoms with Crippen LogP contribution in [0.1, 0.15) is 37.8 Å². The minimum absolute atomic E-state index is 0.116. The molecular formula is C23H25N3O9. The fourth-order valence-electron chi connectivity index (χ4n) is 3.39. The van der Waals surface area contributed by atoms with Crippen LogP contribution in [0, 0.1) is 26.1 Å². The van der Waals surface area contributed by atoms with E-state index >= 15 is 0 Å². The van der Waals surface area contributed by atoms with Crippen LogP contribution in [-0.4, -0.2) is 44.4 Å². The third-order valence-electron chi connectivity index (χ3n) is 4.88. The molecule has 12 heteroatoms. The molecule has 186 valence electrons. The molecule has 0 aliphatic carbocycles. The van der Waals surface area contributed by atoms with Crippen molar-refractivity contribution >= 4 is 17.4 Å². The average Bonchev–Trinajstić information content (AvgIpc) is 2.78. The lowest BCUT2D eigenvalue weighted by molar-refractivity contribution is -0.437. The molecule has 1 aromatic heterocycles. The Morgan fingerprint density at radius 2 is 1.86 bits per heavy atom. The number of benzene rings is 1. The predicted molar refractivity (Wildman–Crippen MR) is 122 cm³/mol. The molecule has 0 radical (unpaired) electrons. The summed E-state index contributed by atoms with van der Waals surface area (Å²) in [6.07, 6.45) is 2.72. The summed E-state index contributed by atoms with van der Waals surface area (Å²) < 4.78 is 10.3. The zero-order chi connectivity index (χ0) is 26.1. The van der Waals surface area contributed by atoms with Gasteiger partial charge in [-0.2, -0.15) is 0 Å². The Morgan fingerprint density at radius 3 is 2.40 bits per heavy atom. The van der Waals surface area contributed by atoms with Crippen molar-refractivity contribution in [1.29, 1.82) is 0 Å². The number of nitro benzene ring substituents is 1. The van der Waals surface area contributed by atoms with E-state index in [-0.39, 0.29) is 18.6 Å². The van der Waals surface area contributed by atoms with E-state index in [1.165, 1.54) is 26.0 Å². The van der Waals surface area contributed by atoms with E-state index in [0.717, 1.165) is 24.6 Å². The monoisotopic (exact) mass is 487 g/mol. The molecule has 0 aliphatic rings. The van der Waals surface area contributed by atoms with Crippen molar-refractivity contribution in [3.05, 3.63) is 91.8 Å². The van der Waals surface area contributed by atoms with Crippen LogP contribution in [0.15, 0.2) is 60.4 Å². The number of hydrogen-bond acceptors (Lipinski definition) is 10. The van der Waals surface area contributed by atoms with Crippen molar-refractivity contribution < 1.29 is 34.0 Å². The molecule has 0 spiro atoms. The highest BCUT2D eigenvalue weighted by atomic mass is 16.6. The summed E-state index contributed by atoms with van der Waals surface area (Å²) in [6.45, 7) is 3.90. The second-order valence-corrected chi connectivity index (χ2v) is 7.81. The molecule has 0 aliphatic heterocycles. The Kier molecular flexibility index (Phi) is 9.38. The first-order chi connectivity index (χ1) is 16.5. The predicted octanol–water partition coefficient (Wildman–Crippen LogP) is 3.49. The summed E-state index contributed by atoms with van der Waals surface area (Å²) in [7, 11) is 0. The fraction of sp³-hybridized carbons (Fsp3) is 0.348. The largest absolute Gasteiger partial charge is 0.476 e. The van der Waals surface area contributed by atoms with Crippen molar-refractivity contribution in [2.45, 2.75) is 39.2 Å². The van der Waals surface area contributed by atoms with Crippen molar-refractivity contribution in [3.63, 3.8) is 0 Å². The van der Waals surface area contributed by atoms with E-state index in [1.54, 1.807) is 24.5 Å². The summed E-state index contributed by atoms with van der Waals surface area (Å²) in [5.74, 6) is -6.52. The number of esters is 1.